The van der Waals surface area contributed by atoms with Gasteiger partial charge in [0.25, 0.3) is 0 Å². The Hall–Kier alpha value is -0.690. The number of carbonyl (C=O) groups excluding carboxylic acids is 1. The van der Waals surface area contributed by atoms with Gasteiger partial charge < -0.3 is 20.5 Å². The first kappa shape index (κ1) is 13.7. The Morgan fingerprint density at radius 1 is 1.33 bits per heavy atom. The maximum absolute atomic E-state index is 11.8. The van der Waals surface area contributed by atoms with Crippen molar-refractivity contribution >= 4 is 5.91 Å². The molecule has 0 radical (unpaired) electrons. The number of hydrogen-bond acceptors (Lipinski definition) is 5. The van der Waals surface area contributed by atoms with Gasteiger partial charge in [-0.3, -0.25) is 9.69 Å². The second kappa shape index (κ2) is 7.04. The number of nitrogens with zero attached hydrogens (tertiary/aromatic N) is 1. The first-order valence-corrected chi connectivity index (χ1v) is 6.73. The largest absolute Gasteiger partial charge is 0.379 e. The number of rotatable bonds is 5. The SMILES string of the molecule is NC[C@H]1CC[C@@H](C(=O)NCCN2CCOCC2)O1. The van der Waals surface area contributed by atoms with Crippen LogP contribution in [0.3, 0.4) is 0 Å². The average molecular weight is 257 g/mol. The molecule has 0 aliphatic carbocycles. The molecule has 2 aliphatic rings. The summed E-state index contributed by atoms with van der Waals surface area (Å²) in [5, 5.41) is 2.93. The van der Waals surface area contributed by atoms with Crippen LogP contribution in [0.1, 0.15) is 12.8 Å². The van der Waals surface area contributed by atoms with Crippen LogP contribution in [0.5, 0.6) is 0 Å². The van der Waals surface area contributed by atoms with E-state index in [1.54, 1.807) is 0 Å². The number of amides is 1. The van der Waals surface area contributed by atoms with Gasteiger partial charge in [0.1, 0.15) is 6.10 Å². The molecule has 104 valence electrons. The topological polar surface area (TPSA) is 76.8 Å². The predicted molar refractivity (Wildman–Crippen MR) is 67.2 cm³/mol. The van der Waals surface area contributed by atoms with Crippen molar-refractivity contribution in [2.75, 3.05) is 45.9 Å². The zero-order valence-corrected chi connectivity index (χ0v) is 10.8. The van der Waals surface area contributed by atoms with E-state index in [4.69, 9.17) is 15.2 Å². The highest BCUT2D eigenvalue weighted by molar-refractivity contribution is 5.81. The second-order valence-corrected chi connectivity index (χ2v) is 4.80. The molecule has 6 heteroatoms. The van der Waals surface area contributed by atoms with Crippen molar-refractivity contribution in [1.82, 2.24) is 10.2 Å². The van der Waals surface area contributed by atoms with E-state index in [1.807, 2.05) is 0 Å². The number of morpholine rings is 1. The standard InChI is InChI=1S/C12H23N3O3/c13-9-10-1-2-11(18-10)12(16)14-3-4-15-5-7-17-8-6-15/h10-11H,1-9,13H2,(H,14,16)/t10-,11+/m1/s1. The smallest absolute Gasteiger partial charge is 0.249 e. The number of ether oxygens (including phenoxy) is 2. The van der Waals surface area contributed by atoms with Crippen molar-refractivity contribution < 1.29 is 14.3 Å². The first-order chi connectivity index (χ1) is 8.79. The summed E-state index contributed by atoms with van der Waals surface area (Å²) < 4.78 is 10.8. The Balaban J connectivity index is 1.60. The summed E-state index contributed by atoms with van der Waals surface area (Å²) in [6.45, 7) is 5.53. The molecule has 0 aromatic carbocycles. The molecule has 0 bridgehead atoms. The van der Waals surface area contributed by atoms with Crippen LogP contribution in [0.15, 0.2) is 0 Å². The number of nitrogens with two attached hydrogens (primary N) is 1. The van der Waals surface area contributed by atoms with Gasteiger partial charge >= 0.3 is 0 Å². The van der Waals surface area contributed by atoms with E-state index in [-0.39, 0.29) is 18.1 Å². The summed E-state index contributed by atoms with van der Waals surface area (Å²) in [5.41, 5.74) is 5.52. The van der Waals surface area contributed by atoms with E-state index >= 15 is 0 Å². The lowest BCUT2D eigenvalue weighted by atomic mass is 10.2. The highest BCUT2D eigenvalue weighted by Crippen LogP contribution is 2.18. The summed E-state index contributed by atoms with van der Waals surface area (Å²) in [7, 11) is 0. The van der Waals surface area contributed by atoms with E-state index in [1.165, 1.54) is 0 Å². The number of carbonyl (C=O) groups is 1. The van der Waals surface area contributed by atoms with Crippen molar-refractivity contribution in [3.8, 4) is 0 Å². The molecular weight excluding hydrogens is 234 g/mol. The van der Waals surface area contributed by atoms with Crippen LogP contribution in [0.25, 0.3) is 0 Å². The number of hydrogen-bond donors (Lipinski definition) is 2. The lowest BCUT2D eigenvalue weighted by Crippen LogP contribution is -2.43. The van der Waals surface area contributed by atoms with E-state index in [9.17, 15) is 4.79 Å². The molecule has 0 unspecified atom stereocenters. The third-order valence-corrected chi connectivity index (χ3v) is 3.49. The first-order valence-electron chi connectivity index (χ1n) is 6.73. The highest BCUT2D eigenvalue weighted by atomic mass is 16.5. The molecule has 3 N–H and O–H groups in total. The van der Waals surface area contributed by atoms with Crippen LogP contribution in [0, 0.1) is 0 Å². The Labute approximate surface area is 108 Å². The highest BCUT2D eigenvalue weighted by Gasteiger charge is 2.29. The molecule has 0 spiro atoms. The summed E-state index contributed by atoms with van der Waals surface area (Å²) in [5.74, 6) is -0.000732. The van der Waals surface area contributed by atoms with Crippen LogP contribution in [0.2, 0.25) is 0 Å². The van der Waals surface area contributed by atoms with Gasteiger partial charge in [-0.2, -0.15) is 0 Å². The minimum absolute atomic E-state index is 0.000732. The summed E-state index contributed by atoms with van der Waals surface area (Å²) in [6, 6.07) is 0. The lowest BCUT2D eigenvalue weighted by molar-refractivity contribution is -0.131. The second-order valence-electron chi connectivity index (χ2n) is 4.80. The van der Waals surface area contributed by atoms with Gasteiger partial charge in [0.2, 0.25) is 5.91 Å². The molecule has 0 saturated carbocycles. The molecule has 1 amide bonds. The van der Waals surface area contributed by atoms with Gasteiger partial charge in [0, 0.05) is 32.7 Å². The molecule has 2 atom stereocenters. The fourth-order valence-electron chi connectivity index (χ4n) is 2.35. The maximum Gasteiger partial charge on any atom is 0.249 e. The van der Waals surface area contributed by atoms with Crippen LogP contribution in [-0.4, -0.2) is 69.0 Å². The average Bonchev–Trinajstić information content (AvgIpc) is 2.89. The van der Waals surface area contributed by atoms with Gasteiger partial charge in [-0.15, -0.1) is 0 Å². The fraction of sp³-hybridized carbons (Fsp3) is 0.917. The molecule has 0 aromatic rings. The van der Waals surface area contributed by atoms with Crippen molar-refractivity contribution in [3.63, 3.8) is 0 Å². The van der Waals surface area contributed by atoms with E-state index < -0.39 is 0 Å². The maximum atomic E-state index is 11.8. The molecule has 0 aromatic heterocycles. The van der Waals surface area contributed by atoms with Crippen LogP contribution in [0.4, 0.5) is 0 Å². The quantitative estimate of drug-likeness (QED) is 0.656. The minimum Gasteiger partial charge on any atom is -0.379 e. The van der Waals surface area contributed by atoms with Gasteiger partial charge in [-0.25, -0.2) is 0 Å². The summed E-state index contributed by atoms with van der Waals surface area (Å²) in [4.78, 5) is 14.1. The molecule has 18 heavy (non-hydrogen) atoms. The van der Waals surface area contributed by atoms with Gasteiger partial charge in [0.15, 0.2) is 0 Å². The van der Waals surface area contributed by atoms with Gasteiger partial charge in [-0.1, -0.05) is 0 Å². The van der Waals surface area contributed by atoms with Crippen molar-refractivity contribution in [2.24, 2.45) is 5.73 Å². The summed E-state index contributed by atoms with van der Waals surface area (Å²) >= 11 is 0. The molecular formula is C12H23N3O3. The van der Waals surface area contributed by atoms with Crippen LogP contribution < -0.4 is 11.1 Å². The monoisotopic (exact) mass is 257 g/mol. The normalized spacial score (nSPS) is 29.4. The molecule has 2 saturated heterocycles. The number of nitrogens with one attached hydrogen (secondary N) is 1. The Bertz CT molecular complexity index is 269. The zero-order valence-electron chi connectivity index (χ0n) is 10.8. The molecule has 2 fully saturated rings. The van der Waals surface area contributed by atoms with Gasteiger partial charge in [0.05, 0.1) is 19.3 Å². The molecule has 2 aliphatic heterocycles. The van der Waals surface area contributed by atoms with Crippen LogP contribution >= 0.6 is 0 Å². The molecule has 6 nitrogen and oxygen atoms in total. The molecule has 2 heterocycles. The summed E-state index contributed by atoms with van der Waals surface area (Å²) in [6.07, 6.45) is 1.42. The Morgan fingerprint density at radius 3 is 2.78 bits per heavy atom. The van der Waals surface area contributed by atoms with E-state index in [2.05, 4.69) is 10.2 Å². The van der Waals surface area contributed by atoms with Crippen molar-refractivity contribution in [2.45, 2.75) is 25.0 Å². The predicted octanol–water partition coefficient (Wildman–Crippen LogP) is -1.06. The Morgan fingerprint density at radius 2 is 2.11 bits per heavy atom. The Kier molecular flexibility index (Phi) is 5.37. The fourth-order valence-corrected chi connectivity index (χ4v) is 2.35. The van der Waals surface area contributed by atoms with E-state index in [0.29, 0.717) is 13.1 Å². The van der Waals surface area contributed by atoms with Crippen LogP contribution in [-0.2, 0) is 14.3 Å². The third kappa shape index (κ3) is 3.91. The van der Waals surface area contributed by atoms with Crippen molar-refractivity contribution in [3.05, 3.63) is 0 Å². The minimum atomic E-state index is -0.303. The lowest BCUT2D eigenvalue weighted by Gasteiger charge is -2.26. The van der Waals surface area contributed by atoms with Gasteiger partial charge in [-0.05, 0) is 12.8 Å². The van der Waals surface area contributed by atoms with Crippen molar-refractivity contribution in [1.29, 1.82) is 0 Å². The zero-order chi connectivity index (χ0) is 12.8. The van der Waals surface area contributed by atoms with E-state index in [0.717, 1.165) is 45.7 Å². The third-order valence-electron chi connectivity index (χ3n) is 3.49. The molecule has 2 rings (SSSR count).